The van der Waals surface area contributed by atoms with Crippen LogP contribution in [0.25, 0.3) is 0 Å². The van der Waals surface area contributed by atoms with Crippen LogP contribution in [0.2, 0.25) is 0 Å². The second kappa shape index (κ2) is 9.59. The molecule has 8 nitrogen and oxygen atoms in total. The van der Waals surface area contributed by atoms with Crippen molar-refractivity contribution in [1.82, 2.24) is 10.0 Å². The molecular weight excluding hydrogens is 394 g/mol. The van der Waals surface area contributed by atoms with Gasteiger partial charge in [-0.05, 0) is 30.9 Å². The van der Waals surface area contributed by atoms with Crippen molar-refractivity contribution in [1.29, 1.82) is 0 Å². The third kappa shape index (κ3) is 6.24. The van der Waals surface area contributed by atoms with Crippen molar-refractivity contribution in [2.75, 3.05) is 26.3 Å². The molecule has 10 heteroatoms. The van der Waals surface area contributed by atoms with E-state index in [-0.39, 0.29) is 42.2 Å². The van der Waals surface area contributed by atoms with Crippen molar-refractivity contribution in [2.45, 2.75) is 36.6 Å². The van der Waals surface area contributed by atoms with Gasteiger partial charge >= 0.3 is 0 Å². The quantitative estimate of drug-likeness (QED) is 0.573. The summed E-state index contributed by atoms with van der Waals surface area (Å²) in [5.41, 5.74) is 5.92. The standard InChI is InChI=1S/C17H25N3O5S.ClH/c18-14(12-2-3-12)11-19-17(21)6-7-20-26(22,23)13-4-5-15-16(10-13)25-9-1-8-24-15;/h4-5,10,12,14,20H,1-3,6-9,11,18H2,(H,19,21);1H. The molecule has 1 atom stereocenters. The maximum Gasteiger partial charge on any atom is 0.240 e. The number of carbonyl (C=O) groups excluding carboxylic acids is 1. The lowest BCUT2D eigenvalue weighted by Gasteiger charge is -2.12. The van der Waals surface area contributed by atoms with Crippen LogP contribution in [-0.2, 0) is 14.8 Å². The zero-order chi connectivity index (χ0) is 18.6. The van der Waals surface area contributed by atoms with Gasteiger partial charge in [-0.15, -0.1) is 12.4 Å². The van der Waals surface area contributed by atoms with Crippen LogP contribution in [0.3, 0.4) is 0 Å². The molecule has 1 unspecified atom stereocenters. The summed E-state index contributed by atoms with van der Waals surface area (Å²) >= 11 is 0. The average Bonchev–Trinajstić information content (AvgIpc) is 3.45. The van der Waals surface area contributed by atoms with E-state index < -0.39 is 10.0 Å². The van der Waals surface area contributed by atoms with E-state index in [2.05, 4.69) is 10.0 Å². The van der Waals surface area contributed by atoms with E-state index in [1.54, 1.807) is 6.07 Å². The first-order chi connectivity index (χ1) is 12.5. The Morgan fingerprint density at radius 2 is 1.93 bits per heavy atom. The first-order valence-corrected chi connectivity index (χ1v) is 10.4. The number of rotatable bonds is 8. The molecule has 27 heavy (non-hydrogen) atoms. The number of hydrogen-bond acceptors (Lipinski definition) is 6. The highest BCUT2D eigenvalue weighted by Crippen LogP contribution is 2.32. The number of sulfonamides is 1. The summed E-state index contributed by atoms with van der Waals surface area (Å²) in [5.74, 6) is 1.24. The fourth-order valence-corrected chi connectivity index (χ4v) is 3.75. The van der Waals surface area contributed by atoms with Gasteiger partial charge in [0.15, 0.2) is 11.5 Å². The van der Waals surface area contributed by atoms with Crippen molar-refractivity contribution in [3.8, 4) is 11.5 Å². The molecule has 1 aliphatic carbocycles. The monoisotopic (exact) mass is 419 g/mol. The van der Waals surface area contributed by atoms with Crippen LogP contribution < -0.4 is 25.2 Å². The van der Waals surface area contributed by atoms with Gasteiger partial charge in [0, 0.05) is 38.0 Å². The highest BCUT2D eigenvalue weighted by molar-refractivity contribution is 7.89. The number of benzene rings is 1. The molecule has 4 N–H and O–H groups in total. The number of carbonyl (C=O) groups is 1. The van der Waals surface area contributed by atoms with Crippen LogP contribution in [0.15, 0.2) is 23.1 Å². The highest BCUT2D eigenvalue weighted by Gasteiger charge is 2.28. The maximum atomic E-state index is 12.4. The van der Waals surface area contributed by atoms with Gasteiger partial charge in [0.05, 0.1) is 18.1 Å². The molecule has 1 amide bonds. The molecule has 1 heterocycles. The minimum absolute atomic E-state index is 0. The number of nitrogens with two attached hydrogens (primary N) is 1. The molecule has 1 aromatic carbocycles. The van der Waals surface area contributed by atoms with Gasteiger partial charge < -0.3 is 20.5 Å². The molecule has 3 rings (SSSR count). The molecule has 0 spiro atoms. The minimum atomic E-state index is -3.73. The Labute approximate surface area is 165 Å². The number of nitrogens with one attached hydrogen (secondary N) is 2. The van der Waals surface area contributed by atoms with E-state index in [1.165, 1.54) is 12.1 Å². The van der Waals surface area contributed by atoms with Crippen molar-refractivity contribution in [2.24, 2.45) is 11.7 Å². The van der Waals surface area contributed by atoms with Gasteiger partial charge in [-0.2, -0.15) is 0 Å². The van der Waals surface area contributed by atoms with E-state index in [0.29, 0.717) is 37.2 Å². The lowest BCUT2D eigenvalue weighted by molar-refractivity contribution is -0.121. The van der Waals surface area contributed by atoms with E-state index >= 15 is 0 Å². The Morgan fingerprint density at radius 1 is 1.22 bits per heavy atom. The molecule has 2 aliphatic rings. The molecule has 152 valence electrons. The average molecular weight is 420 g/mol. The second-order valence-corrected chi connectivity index (χ2v) is 8.38. The van der Waals surface area contributed by atoms with Crippen LogP contribution in [0.4, 0.5) is 0 Å². The third-order valence-corrected chi connectivity index (χ3v) is 5.89. The SMILES string of the molecule is Cl.NC(CNC(=O)CCNS(=O)(=O)c1ccc2c(c1)OCCCO2)C1CC1. The first kappa shape index (κ1) is 21.7. The topological polar surface area (TPSA) is 120 Å². The summed E-state index contributed by atoms with van der Waals surface area (Å²) in [5, 5.41) is 2.74. The zero-order valence-electron chi connectivity index (χ0n) is 15.0. The van der Waals surface area contributed by atoms with Crippen molar-refractivity contribution in [3.05, 3.63) is 18.2 Å². The predicted octanol–water partition coefficient (Wildman–Crippen LogP) is 0.792. The Morgan fingerprint density at radius 3 is 2.63 bits per heavy atom. The summed E-state index contributed by atoms with van der Waals surface area (Å²) in [6.45, 7) is 1.46. The lowest BCUT2D eigenvalue weighted by Crippen LogP contribution is -2.39. The van der Waals surface area contributed by atoms with Crippen LogP contribution in [0.1, 0.15) is 25.7 Å². The van der Waals surface area contributed by atoms with Crippen LogP contribution >= 0.6 is 12.4 Å². The van der Waals surface area contributed by atoms with Gasteiger partial charge in [0.1, 0.15) is 0 Å². The number of hydrogen-bond donors (Lipinski definition) is 3. The van der Waals surface area contributed by atoms with E-state index in [1.807, 2.05) is 0 Å². The highest BCUT2D eigenvalue weighted by atomic mass is 35.5. The first-order valence-electron chi connectivity index (χ1n) is 8.87. The smallest absolute Gasteiger partial charge is 0.240 e. The second-order valence-electron chi connectivity index (χ2n) is 6.61. The van der Waals surface area contributed by atoms with Gasteiger partial charge in [-0.25, -0.2) is 13.1 Å². The van der Waals surface area contributed by atoms with Crippen molar-refractivity contribution in [3.63, 3.8) is 0 Å². The molecule has 1 saturated carbocycles. The van der Waals surface area contributed by atoms with Gasteiger partial charge in [-0.3, -0.25) is 4.79 Å². The van der Waals surface area contributed by atoms with E-state index in [9.17, 15) is 13.2 Å². The van der Waals surface area contributed by atoms with Crippen molar-refractivity contribution < 1.29 is 22.7 Å². The fraction of sp³-hybridized carbons (Fsp3) is 0.588. The summed E-state index contributed by atoms with van der Waals surface area (Å²) in [4.78, 5) is 11.9. The number of halogens is 1. The summed E-state index contributed by atoms with van der Waals surface area (Å²) in [6, 6.07) is 4.47. The van der Waals surface area contributed by atoms with E-state index in [4.69, 9.17) is 15.2 Å². The van der Waals surface area contributed by atoms with Gasteiger partial charge in [0.2, 0.25) is 15.9 Å². The normalized spacial score (nSPS) is 17.4. The van der Waals surface area contributed by atoms with Crippen LogP contribution in [0, 0.1) is 5.92 Å². The van der Waals surface area contributed by atoms with Gasteiger partial charge in [-0.1, -0.05) is 0 Å². The number of amides is 1. The molecule has 1 fully saturated rings. The van der Waals surface area contributed by atoms with E-state index in [0.717, 1.165) is 19.3 Å². The third-order valence-electron chi connectivity index (χ3n) is 4.44. The minimum Gasteiger partial charge on any atom is -0.490 e. The fourth-order valence-electron chi connectivity index (χ4n) is 2.70. The Kier molecular flexibility index (Phi) is 7.72. The molecule has 0 bridgehead atoms. The molecule has 1 aliphatic heterocycles. The number of ether oxygens (including phenoxy) is 2. The Bertz CT molecular complexity index is 755. The predicted molar refractivity (Wildman–Crippen MR) is 103 cm³/mol. The summed E-state index contributed by atoms with van der Waals surface area (Å²) in [6.07, 6.45) is 3.04. The maximum absolute atomic E-state index is 12.4. The number of fused-ring (bicyclic) bond motifs is 1. The zero-order valence-corrected chi connectivity index (χ0v) is 16.6. The van der Waals surface area contributed by atoms with Gasteiger partial charge in [0.25, 0.3) is 0 Å². The summed E-state index contributed by atoms with van der Waals surface area (Å²) in [7, 11) is -3.73. The lowest BCUT2D eigenvalue weighted by atomic mass is 10.2. The van der Waals surface area contributed by atoms with Crippen LogP contribution in [0.5, 0.6) is 11.5 Å². The molecule has 0 aromatic heterocycles. The summed E-state index contributed by atoms with van der Waals surface area (Å²) < 4.78 is 38.2. The largest absolute Gasteiger partial charge is 0.490 e. The Balaban J connectivity index is 0.00000261. The Hall–Kier alpha value is -1.55. The molecule has 0 radical (unpaired) electrons. The molecular formula is C17H26ClN3O5S. The molecule has 0 saturated heterocycles. The van der Waals surface area contributed by atoms with Crippen LogP contribution in [-0.4, -0.2) is 46.7 Å². The van der Waals surface area contributed by atoms with Crippen molar-refractivity contribution >= 4 is 28.3 Å². The molecule has 1 aromatic rings.